The van der Waals surface area contributed by atoms with Crippen molar-refractivity contribution in [1.82, 2.24) is 5.32 Å². The predicted octanol–water partition coefficient (Wildman–Crippen LogP) is 1.44. The van der Waals surface area contributed by atoms with Crippen molar-refractivity contribution in [3.8, 4) is 0 Å². The first-order valence-electron chi connectivity index (χ1n) is 6.32. The average molecular weight is 248 g/mol. The van der Waals surface area contributed by atoms with E-state index in [2.05, 4.69) is 12.2 Å². The highest BCUT2D eigenvalue weighted by molar-refractivity contribution is 5.94. The lowest BCUT2D eigenvalue weighted by atomic mass is 9.92. The van der Waals surface area contributed by atoms with E-state index >= 15 is 0 Å². The summed E-state index contributed by atoms with van der Waals surface area (Å²) in [7, 11) is 0. The molecule has 0 aromatic heterocycles. The van der Waals surface area contributed by atoms with Crippen LogP contribution in [0.4, 0.5) is 0 Å². The molecule has 1 fully saturated rings. The number of carbonyl (C=O) groups is 1. The number of nitrogens with one attached hydrogen (secondary N) is 1. The zero-order chi connectivity index (χ0) is 13.0. The van der Waals surface area contributed by atoms with Gasteiger partial charge in [0.1, 0.15) is 0 Å². The Morgan fingerprint density at radius 2 is 1.94 bits per heavy atom. The van der Waals surface area contributed by atoms with E-state index in [0.29, 0.717) is 25.3 Å². The molecule has 1 aliphatic rings. The fraction of sp³-hybridized carbons (Fsp3) is 0.500. The molecule has 0 spiro atoms. The number of benzene rings is 1. The van der Waals surface area contributed by atoms with E-state index in [9.17, 15) is 4.79 Å². The summed E-state index contributed by atoms with van der Waals surface area (Å²) >= 11 is 0. The molecule has 0 saturated carbocycles. The van der Waals surface area contributed by atoms with Crippen LogP contribution < -0.4 is 11.1 Å². The van der Waals surface area contributed by atoms with Gasteiger partial charge in [-0.1, -0.05) is 12.1 Å². The average Bonchev–Trinajstić information content (AvgIpc) is 2.39. The molecule has 0 atom stereocenters. The second-order valence-corrected chi connectivity index (χ2v) is 5.03. The Morgan fingerprint density at radius 1 is 1.33 bits per heavy atom. The van der Waals surface area contributed by atoms with Crippen molar-refractivity contribution in [3.05, 3.63) is 35.4 Å². The summed E-state index contributed by atoms with van der Waals surface area (Å²) in [5.74, 6) is -0.0250. The number of hydrogen-bond acceptors (Lipinski definition) is 3. The fourth-order valence-corrected chi connectivity index (χ4v) is 2.09. The van der Waals surface area contributed by atoms with Gasteiger partial charge in [0.15, 0.2) is 0 Å². The number of amides is 1. The SMILES string of the molecule is CC1(NC(=O)c2ccc(CN)cc2)CCOCC1. The van der Waals surface area contributed by atoms with E-state index in [1.807, 2.05) is 24.3 Å². The molecule has 2 rings (SSSR count). The first-order valence-corrected chi connectivity index (χ1v) is 6.32. The van der Waals surface area contributed by atoms with Crippen molar-refractivity contribution >= 4 is 5.91 Å². The van der Waals surface area contributed by atoms with E-state index in [-0.39, 0.29) is 11.4 Å². The third kappa shape index (κ3) is 3.09. The van der Waals surface area contributed by atoms with Crippen LogP contribution in [-0.4, -0.2) is 24.7 Å². The van der Waals surface area contributed by atoms with Crippen molar-refractivity contribution in [3.63, 3.8) is 0 Å². The molecule has 1 aromatic rings. The smallest absolute Gasteiger partial charge is 0.251 e. The van der Waals surface area contributed by atoms with Gasteiger partial charge in [-0.25, -0.2) is 0 Å². The first kappa shape index (κ1) is 13.1. The van der Waals surface area contributed by atoms with Gasteiger partial charge in [-0.2, -0.15) is 0 Å². The standard InChI is InChI=1S/C14H20N2O2/c1-14(6-8-18-9-7-14)16-13(17)12-4-2-11(10-15)3-5-12/h2-5H,6-10,15H2,1H3,(H,16,17). The van der Waals surface area contributed by atoms with Gasteiger partial charge < -0.3 is 15.8 Å². The molecule has 0 aliphatic carbocycles. The largest absolute Gasteiger partial charge is 0.381 e. The third-order valence-electron chi connectivity index (χ3n) is 3.46. The Balaban J connectivity index is 2.02. The monoisotopic (exact) mass is 248 g/mol. The molecule has 1 saturated heterocycles. The molecular weight excluding hydrogens is 228 g/mol. The van der Waals surface area contributed by atoms with Crippen molar-refractivity contribution in [2.75, 3.05) is 13.2 Å². The molecule has 0 unspecified atom stereocenters. The predicted molar refractivity (Wildman–Crippen MR) is 70.3 cm³/mol. The van der Waals surface area contributed by atoms with Crippen LogP contribution in [0.3, 0.4) is 0 Å². The second-order valence-electron chi connectivity index (χ2n) is 5.03. The van der Waals surface area contributed by atoms with Gasteiger partial charge in [0.25, 0.3) is 5.91 Å². The zero-order valence-electron chi connectivity index (χ0n) is 10.7. The molecule has 1 amide bonds. The topological polar surface area (TPSA) is 64.4 Å². The molecule has 1 aromatic carbocycles. The van der Waals surface area contributed by atoms with Crippen LogP contribution in [0.2, 0.25) is 0 Å². The summed E-state index contributed by atoms with van der Waals surface area (Å²) in [6, 6.07) is 7.42. The normalized spacial score (nSPS) is 18.3. The van der Waals surface area contributed by atoms with E-state index < -0.39 is 0 Å². The Morgan fingerprint density at radius 3 is 2.50 bits per heavy atom. The molecule has 4 nitrogen and oxygen atoms in total. The van der Waals surface area contributed by atoms with E-state index in [1.165, 1.54) is 0 Å². The minimum absolute atomic E-state index is 0.0250. The van der Waals surface area contributed by atoms with Crippen molar-refractivity contribution in [1.29, 1.82) is 0 Å². The Kier molecular flexibility index (Phi) is 3.99. The molecule has 0 bridgehead atoms. The second kappa shape index (κ2) is 5.50. The molecule has 3 N–H and O–H groups in total. The van der Waals surface area contributed by atoms with Crippen LogP contribution >= 0.6 is 0 Å². The van der Waals surface area contributed by atoms with Gasteiger partial charge in [0.05, 0.1) is 0 Å². The zero-order valence-corrected chi connectivity index (χ0v) is 10.7. The number of rotatable bonds is 3. The third-order valence-corrected chi connectivity index (χ3v) is 3.46. The maximum Gasteiger partial charge on any atom is 0.251 e. The first-order chi connectivity index (χ1) is 8.63. The Hall–Kier alpha value is -1.39. The lowest BCUT2D eigenvalue weighted by Crippen LogP contribution is -2.49. The molecule has 1 aliphatic heterocycles. The molecule has 18 heavy (non-hydrogen) atoms. The van der Waals surface area contributed by atoms with Crippen LogP contribution in [0.1, 0.15) is 35.7 Å². The van der Waals surface area contributed by atoms with E-state index in [1.54, 1.807) is 0 Å². The van der Waals surface area contributed by atoms with Crippen molar-refractivity contribution < 1.29 is 9.53 Å². The summed E-state index contributed by atoms with van der Waals surface area (Å²) in [5, 5.41) is 3.10. The number of ether oxygens (including phenoxy) is 1. The van der Waals surface area contributed by atoms with Gasteiger partial charge in [-0.3, -0.25) is 4.79 Å². The lowest BCUT2D eigenvalue weighted by molar-refractivity contribution is 0.0423. The molecular formula is C14H20N2O2. The van der Waals surface area contributed by atoms with Crippen LogP contribution in [0.5, 0.6) is 0 Å². The maximum absolute atomic E-state index is 12.1. The minimum Gasteiger partial charge on any atom is -0.381 e. The van der Waals surface area contributed by atoms with Gasteiger partial charge in [0.2, 0.25) is 0 Å². The Labute approximate surface area is 108 Å². The molecule has 98 valence electrons. The van der Waals surface area contributed by atoms with Crippen LogP contribution in [0.15, 0.2) is 24.3 Å². The maximum atomic E-state index is 12.1. The summed E-state index contributed by atoms with van der Waals surface area (Å²) in [6.07, 6.45) is 1.72. The Bertz CT molecular complexity index is 408. The summed E-state index contributed by atoms with van der Waals surface area (Å²) in [5.41, 5.74) is 7.09. The van der Waals surface area contributed by atoms with E-state index in [0.717, 1.165) is 18.4 Å². The summed E-state index contributed by atoms with van der Waals surface area (Å²) in [6.45, 7) is 3.99. The summed E-state index contributed by atoms with van der Waals surface area (Å²) in [4.78, 5) is 12.1. The lowest BCUT2D eigenvalue weighted by Gasteiger charge is -2.34. The highest BCUT2D eigenvalue weighted by Crippen LogP contribution is 2.20. The highest BCUT2D eigenvalue weighted by Gasteiger charge is 2.29. The van der Waals surface area contributed by atoms with Gasteiger partial charge in [-0.15, -0.1) is 0 Å². The highest BCUT2D eigenvalue weighted by atomic mass is 16.5. The van der Waals surface area contributed by atoms with E-state index in [4.69, 9.17) is 10.5 Å². The number of nitrogens with two attached hydrogens (primary N) is 1. The molecule has 1 heterocycles. The van der Waals surface area contributed by atoms with Gasteiger partial charge in [-0.05, 0) is 37.5 Å². The fourth-order valence-electron chi connectivity index (χ4n) is 2.09. The summed E-state index contributed by atoms with van der Waals surface area (Å²) < 4.78 is 5.32. The minimum atomic E-state index is -0.151. The quantitative estimate of drug-likeness (QED) is 0.850. The van der Waals surface area contributed by atoms with Gasteiger partial charge in [0, 0.05) is 30.9 Å². The van der Waals surface area contributed by atoms with Crippen molar-refractivity contribution in [2.45, 2.75) is 31.8 Å². The van der Waals surface area contributed by atoms with Crippen molar-refractivity contribution in [2.24, 2.45) is 5.73 Å². The van der Waals surface area contributed by atoms with Crippen LogP contribution in [0.25, 0.3) is 0 Å². The molecule has 4 heteroatoms. The van der Waals surface area contributed by atoms with Gasteiger partial charge >= 0.3 is 0 Å². The number of carbonyl (C=O) groups excluding carboxylic acids is 1. The van der Waals surface area contributed by atoms with Crippen LogP contribution in [-0.2, 0) is 11.3 Å². The molecule has 0 radical (unpaired) electrons. The van der Waals surface area contributed by atoms with Crippen LogP contribution in [0, 0.1) is 0 Å². The number of hydrogen-bond donors (Lipinski definition) is 2.